The molecule has 0 radical (unpaired) electrons. The summed E-state index contributed by atoms with van der Waals surface area (Å²) in [5.74, 6) is 0.503. The van der Waals surface area contributed by atoms with Crippen molar-refractivity contribution in [2.75, 3.05) is 6.61 Å². The van der Waals surface area contributed by atoms with Crippen molar-refractivity contribution >= 4 is 28.7 Å². The molecule has 6 heteroatoms. The third-order valence-electron chi connectivity index (χ3n) is 3.07. The molecule has 0 spiro atoms. The molecule has 2 heterocycles. The van der Waals surface area contributed by atoms with Crippen molar-refractivity contribution in [1.29, 1.82) is 0 Å². The lowest BCUT2D eigenvalue weighted by Crippen LogP contribution is -2.11. The minimum absolute atomic E-state index is 0.227. The van der Waals surface area contributed by atoms with Crippen LogP contribution < -0.4 is 0 Å². The zero-order chi connectivity index (χ0) is 14.7. The lowest BCUT2D eigenvalue weighted by atomic mass is 10.3. The van der Waals surface area contributed by atoms with Crippen LogP contribution in [0, 0.1) is 6.92 Å². The normalized spacial score (nSPS) is 12.6. The Bertz CT molecular complexity index is 622. The number of carbonyl (C=O) groups is 1. The van der Waals surface area contributed by atoms with Crippen molar-refractivity contribution in [3.05, 3.63) is 23.7 Å². The number of aromatic nitrogens is 3. The van der Waals surface area contributed by atoms with Crippen LogP contribution in [0.4, 0.5) is 0 Å². The van der Waals surface area contributed by atoms with Gasteiger partial charge in [-0.15, -0.1) is 11.6 Å². The van der Waals surface area contributed by atoms with E-state index in [4.69, 9.17) is 16.3 Å². The number of hydrogen-bond donors (Lipinski definition) is 0. The lowest BCUT2D eigenvalue weighted by molar-refractivity contribution is -0.143. The number of carbonyl (C=O) groups excluding carboxylic acids is 1. The highest BCUT2D eigenvalue weighted by molar-refractivity contribution is 6.20. The maximum Gasteiger partial charge on any atom is 0.307 e. The average molecular weight is 296 g/mol. The van der Waals surface area contributed by atoms with Gasteiger partial charge in [0.1, 0.15) is 11.3 Å². The largest absolute Gasteiger partial charge is 0.466 e. The molecule has 0 fully saturated rings. The highest BCUT2D eigenvalue weighted by atomic mass is 35.5. The molecule has 0 aliphatic carbocycles. The van der Waals surface area contributed by atoms with E-state index in [1.165, 1.54) is 0 Å². The predicted molar refractivity (Wildman–Crippen MR) is 77.8 cm³/mol. The molecule has 108 valence electrons. The fourth-order valence-corrected chi connectivity index (χ4v) is 2.28. The number of ether oxygens (including phenoxy) is 1. The number of hydrogen-bond acceptors (Lipinski definition) is 4. The van der Waals surface area contributed by atoms with Crippen LogP contribution in [0.5, 0.6) is 0 Å². The third-order valence-corrected chi connectivity index (χ3v) is 3.26. The number of alkyl halides is 1. The molecule has 0 aliphatic heterocycles. The molecular weight excluding hydrogens is 278 g/mol. The van der Waals surface area contributed by atoms with Crippen LogP contribution >= 0.6 is 11.6 Å². The van der Waals surface area contributed by atoms with Gasteiger partial charge in [0, 0.05) is 12.7 Å². The SMILES string of the molecule is CCOC(=O)CCn1c(C(C)Cl)nc2c(C)ccnc21. The van der Waals surface area contributed by atoms with E-state index >= 15 is 0 Å². The van der Waals surface area contributed by atoms with Gasteiger partial charge in [0.15, 0.2) is 5.65 Å². The maximum absolute atomic E-state index is 11.5. The number of esters is 1. The Hall–Kier alpha value is -1.62. The van der Waals surface area contributed by atoms with Gasteiger partial charge in [-0.3, -0.25) is 4.79 Å². The van der Waals surface area contributed by atoms with Crippen molar-refractivity contribution in [2.24, 2.45) is 0 Å². The van der Waals surface area contributed by atoms with Crippen LogP contribution in [-0.2, 0) is 16.1 Å². The van der Waals surface area contributed by atoms with Crippen LogP contribution in [0.25, 0.3) is 11.2 Å². The number of pyridine rings is 1. The second-order valence-corrected chi connectivity index (χ2v) is 5.25. The molecule has 0 bridgehead atoms. The summed E-state index contributed by atoms with van der Waals surface area (Å²) in [6.07, 6.45) is 2.02. The van der Waals surface area contributed by atoms with Crippen molar-refractivity contribution in [3.63, 3.8) is 0 Å². The average Bonchev–Trinajstić information content (AvgIpc) is 2.77. The van der Waals surface area contributed by atoms with Crippen LogP contribution in [-0.4, -0.2) is 27.1 Å². The maximum atomic E-state index is 11.5. The first-order chi connectivity index (χ1) is 9.54. The van der Waals surface area contributed by atoms with Crippen molar-refractivity contribution in [1.82, 2.24) is 14.5 Å². The number of nitrogens with zero attached hydrogens (tertiary/aromatic N) is 3. The lowest BCUT2D eigenvalue weighted by Gasteiger charge is -2.09. The summed E-state index contributed by atoms with van der Waals surface area (Å²) in [7, 11) is 0. The molecule has 0 aromatic carbocycles. The fourth-order valence-electron chi connectivity index (χ4n) is 2.12. The van der Waals surface area contributed by atoms with Gasteiger partial charge in [0.2, 0.25) is 0 Å². The fraction of sp³-hybridized carbons (Fsp3) is 0.500. The first-order valence-electron chi connectivity index (χ1n) is 6.66. The first kappa shape index (κ1) is 14.8. The van der Waals surface area contributed by atoms with Crippen LogP contribution in [0.1, 0.15) is 37.0 Å². The molecule has 20 heavy (non-hydrogen) atoms. The zero-order valence-corrected chi connectivity index (χ0v) is 12.6. The molecule has 0 N–H and O–H groups in total. The first-order valence-corrected chi connectivity index (χ1v) is 7.09. The number of imidazole rings is 1. The van der Waals surface area contributed by atoms with E-state index in [0.717, 1.165) is 22.6 Å². The minimum atomic E-state index is -0.245. The summed E-state index contributed by atoms with van der Waals surface area (Å²) in [6.45, 7) is 6.49. The summed E-state index contributed by atoms with van der Waals surface area (Å²) < 4.78 is 6.85. The van der Waals surface area contributed by atoms with Crippen LogP contribution in [0.2, 0.25) is 0 Å². The number of fused-ring (bicyclic) bond motifs is 1. The molecule has 1 unspecified atom stereocenters. The highest BCUT2D eigenvalue weighted by Gasteiger charge is 2.17. The Morgan fingerprint density at radius 3 is 2.95 bits per heavy atom. The smallest absolute Gasteiger partial charge is 0.307 e. The van der Waals surface area contributed by atoms with Gasteiger partial charge in [0.05, 0.1) is 18.4 Å². The molecule has 2 rings (SSSR count). The van der Waals surface area contributed by atoms with Crippen molar-refractivity contribution in [2.45, 2.75) is 39.1 Å². The summed E-state index contributed by atoms with van der Waals surface area (Å²) >= 11 is 6.18. The zero-order valence-electron chi connectivity index (χ0n) is 11.9. The van der Waals surface area contributed by atoms with Gasteiger partial charge in [-0.25, -0.2) is 9.97 Å². The van der Waals surface area contributed by atoms with E-state index in [0.29, 0.717) is 13.2 Å². The molecule has 0 saturated heterocycles. The number of rotatable bonds is 5. The predicted octanol–water partition coefficient (Wildman–Crippen LogP) is 2.99. The monoisotopic (exact) mass is 295 g/mol. The van der Waals surface area contributed by atoms with E-state index in [1.54, 1.807) is 13.1 Å². The number of aryl methyl sites for hydroxylation is 2. The van der Waals surface area contributed by atoms with Crippen molar-refractivity contribution in [3.8, 4) is 0 Å². The molecule has 0 saturated carbocycles. The Kier molecular flexibility index (Phi) is 4.60. The Balaban J connectivity index is 2.37. The van der Waals surface area contributed by atoms with Gasteiger partial charge in [-0.2, -0.15) is 0 Å². The molecule has 0 amide bonds. The van der Waals surface area contributed by atoms with E-state index in [1.807, 2.05) is 24.5 Å². The van der Waals surface area contributed by atoms with E-state index in [2.05, 4.69) is 9.97 Å². The molecule has 2 aromatic rings. The molecule has 1 atom stereocenters. The van der Waals surface area contributed by atoms with Gasteiger partial charge < -0.3 is 9.30 Å². The van der Waals surface area contributed by atoms with E-state index in [-0.39, 0.29) is 17.8 Å². The summed E-state index contributed by atoms with van der Waals surface area (Å²) in [5, 5.41) is -0.245. The summed E-state index contributed by atoms with van der Waals surface area (Å²) in [5.41, 5.74) is 2.64. The van der Waals surface area contributed by atoms with Gasteiger partial charge in [0.25, 0.3) is 0 Å². The molecular formula is C14H18ClN3O2. The number of halogens is 1. The standard InChI is InChI=1S/C14H18ClN3O2/c1-4-20-11(19)6-8-18-13(10(3)15)17-12-9(2)5-7-16-14(12)18/h5,7,10H,4,6,8H2,1-3H3. The van der Waals surface area contributed by atoms with Crippen molar-refractivity contribution < 1.29 is 9.53 Å². The molecule has 0 aliphatic rings. The quantitative estimate of drug-likeness (QED) is 0.628. The van der Waals surface area contributed by atoms with Gasteiger partial charge in [-0.05, 0) is 32.4 Å². The second-order valence-electron chi connectivity index (χ2n) is 4.59. The molecule has 5 nitrogen and oxygen atoms in total. The van der Waals surface area contributed by atoms with E-state index < -0.39 is 0 Å². The third kappa shape index (κ3) is 2.93. The Morgan fingerprint density at radius 2 is 2.30 bits per heavy atom. The Morgan fingerprint density at radius 1 is 1.55 bits per heavy atom. The topological polar surface area (TPSA) is 57.0 Å². The minimum Gasteiger partial charge on any atom is -0.466 e. The van der Waals surface area contributed by atoms with Crippen LogP contribution in [0.3, 0.4) is 0 Å². The van der Waals surface area contributed by atoms with Gasteiger partial charge >= 0.3 is 5.97 Å². The molecule has 2 aromatic heterocycles. The summed E-state index contributed by atoms with van der Waals surface area (Å²) in [6, 6.07) is 1.91. The van der Waals surface area contributed by atoms with E-state index in [9.17, 15) is 4.79 Å². The second kappa shape index (κ2) is 6.22. The summed E-state index contributed by atoms with van der Waals surface area (Å²) in [4.78, 5) is 20.4. The Labute approximate surface area is 122 Å². The highest BCUT2D eigenvalue weighted by Crippen LogP contribution is 2.25. The van der Waals surface area contributed by atoms with Gasteiger partial charge in [-0.1, -0.05) is 0 Å². The van der Waals surface area contributed by atoms with Crippen LogP contribution in [0.15, 0.2) is 12.3 Å².